The van der Waals surface area contributed by atoms with Crippen LogP contribution in [-0.2, 0) is 9.59 Å². The minimum atomic E-state index is -0.851. The van der Waals surface area contributed by atoms with E-state index in [0.717, 1.165) is 44.7 Å². The Morgan fingerprint density at radius 1 is 1.08 bits per heavy atom. The molecule has 1 aromatic carbocycles. The molecule has 5 nitrogen and oxygen atoms in total. The van der Waals surface area contributed by atoms with Crippen molar-refractivity contribution >= 4 is 17.5 Å². The first-order valence-electron chi connectivity index (χ1n) is 9.27. The number of hydrogen-bond donors (Lipinski definition) is 2. The molecule has 0 radical (unpaired) electrons. The van der Waals surface area contributed by atoms with Gasteiger partial charge in [0.25, 0.3) is 0 Å². The first-order valence-corrected chi connectivity index (χ1v) is 9.27. The van der Waals surface area contributed by atoms with Crippen molar-refractivity contribution in [3.63, 3.8) is 0 Å². The number of carbonyl (C=O) groups excluding carboxylic acids is 2. The molecule has 1 saturated carbocycles. The van der Waals surface area contributed by atoms with Crippen LogP contribution in [0.2, 0.25) is 0 Å². The van der Waals surface area contributed by atoms with E-state index in [4.69, 9.17) is 0 Å². The summed E-state index contributed by atoms with van der Waals surface area (Å²) in [6.07, 6.45) is 4.86. The quantitative estimate of drug-likeness (QED) is 0.813. The number of hydrogen-bond acceptors (Lipinski definition) is 3. The van der Waals surface area contributed by atoms with Crippen molar-refractivity contribution < 1.29 is 18.4 Å². The highest BCUT2D eigenvalue weighted by atomic mass is 19.2. The Morgan fingerprint density at radius 3 is 2.58 bits per heavy atom. The highest BCUT2D eigenvalue weighted by molar-refractivity contribution is 5.85. The van der Waals surface area contributed by atoms with E-state index in [0.29, 0.717) is 18.8 Å². The molecular formula is C19H25F2N3O2. The van der Waals surface area contributed by atoms with Crippen LogP contribution in [0.15, 0.2) is 18.2 Å². The molecule has 2 fully saturated rings. The van der Waals surface area contributed by atoms with E-state index in [9.17, 15) is 18.4 Å². The van der Waals surface area contributed by atoms with Gasteiger partial charge in [0.1, 0.15) is 0 Å². The van der Waals surface area contributed by atoms with Gasteiger partial charge in [-0.05, 0) is 37.3 Å². The second-order valence-electron chi connectivity index (χ2n) is 7.20. The van der Waals surface area contributed by atoms with Crippen LogP contribution in [0.3, 0.4) is 0 Å². The molecule has 0 aromatic heterocycles. The van der Waals surface area contributed by atoms with Crippen molar-refractivity contribution in [1.29, 1.82) is 0 Å². The van der Waals surface area contributed by atoms with Gasteiger partial charge in [-0.2, -0.15) is 0 Å². The van der Waals surface area contributed by atoms with E-state index in [-0.39, 0.29) is 30.2 Å². The molecule has 2 N–H and O–H groups in total. The standard InChI is InChI=1S/C19H25F2N3O2/c20-16-6-5-15(9-17(16)21)24-8-7-13(12-24)10-22-18(25)11-23-19(26)14-3-1-2-4-14/h5-6,9,13-14H,1-4,7-8,10-12H2,(H,22,25)(H,23,26). The highest BCUT2D eigenvalue weighted by Crippen LogP contribution is 2.25. The molecule has 2 amide bonds. The third kappa shape index (κ3) is 4.71. The van der Waals surface area contributed by atoms with Gasteiger partial charge in [-0.25, -0.2) is 8.78 Å². The maximum Gasteiger partial charge on any atom is 0.239 e. The Balaban J connectivity index is 1.37. The summed E-state index contributed by atoms with van der Waals surface area (Å²) in [6.45, 7) is 1.94. The minimum absolute atomic E-state index is 0.00887. The van der Waals surface area contributed by atoms with Gasteiger partial charge < -0.3 is 15.5 Å². The summed E-state index contributed by atoms with van der Waals surface area (Å²) in [5, 5.41) is 5.56. The van der Waals surface area contributed by atoms with Gasteiger partial charge in [0.15, 0.2) is 11.6 Å². The van der Waals surface area contributed by atoms with Crippen molar-refractivity contribution in [2.24, 2.45) is 11.8 Å². The van der Waals surface area contributed by atoms with Crippen molar-refractivity contribution in [1.82, 2.24) is 10.6 Å². The molecule has 1 atom stereocenters. The van der Waals surface area contributed by atoms with Gasteiger partial charge in [0.05, 0.1) is 6.54 Å². The summed E-state index contributed by atoms with van der Waals surface area (Å²) in [5.74, 6) is -1.61. The zero-order valence-electron chi connectivity index (χ0n) is 14.8. The third-order valence-electron chi connectivity index (χ3n) is 5.29. The molecule has 26 heavy (non-hydrogen) atoms. The summed E-state index contributed by atoms with van der Waals surface area (Å²) in [7, 11) is 0. The van der Waals surface area contributed by atoms with Crippen LogP contribution in [0.4, 0.5) is 14.5 Å². The van der Waals surface area contributed by atoms with Crippen molar-refractivity contribution in [3.05, 3.63) is 29.8 Å². The number of benzene rings is 1. The van der Waals surface area contributed by atoms with Gasteiger partial charge in [0, 0.05) is 37.3 Å². The highest BCUT2D eigenvalue weighted by Gasteiger charge is 2.25. The molecule has 7 heteroatoms. The lowest BCUT2D eigenvalue weighted by atomic mass is 10.1. The number of nitrogens with zero attached hydrogens (tertiary/aromatic N) is 1. The van der Waals surface area contributed by atoms with E-state index in [1.165, 1.54) is 6.07 Å². The Labute approximate surface area is 152 Å². The number of anilines is 1. The molecule has 1 aromatic rings. The fraction of sp³-hybridized carbons (Fsp3) is 0.579. The fourth-order valence-corrected chi connectivity index (χ4v) is 3.74. The van der Waals surface area contributed by atoms with Crippen LogP contribution in [0.25, 0.3) is 0 Å². The lowest BCUT2D eigenvalue weighted by Gasteiger charge is -2.19. The third-order valence-corrected chi connectivity index (χ3v) is 5.29. The monoisotopic (exact) mass is 365 g/mol. The van der Waals surface area contributed by atoms with Crippen LogP contribution in [-0.4, -0.2) is 38.0 Å². The molecule has 1 unspecified atom stereocenters. The first-order chi connectivity index (χ1) is 12.5. The summed E-state index contributed by atoms with van der Waals surface area (Å²) in [4.78, 5) is 25.8. The molecule has 0 spiro atoms. The summed E-state index contributed by atoms with van der Waals surface area (Å²) < 4.78 is 26.4. The second kappa shape index (κ2) is 8.47. The summed E-state index contributed by atoms with van der Waals surface area (Å²) >= 11 is 0. The Morgan fingerprint density at radius 2 is 1.85 bits per heavy atom. The SMILES string of the molecule is O=C(CNC(=O)C1CCCC1)NCC1CCN(c2ccc(F)c(F)c2)C1. The molecule has 0 bridgehead atoms. The van der Waals surface area contributed by atoms with E-state index in [1.54, 1.807) is 6.07 Å². The zero-order valence-corrected chi connectivity index (χ0v) is 14.8. The number of rotatable bonds is 6. The Hall–Kier alpha value is -2.18. The predicted octanol–water partition coefficient (Wildman–Crippen LogP) is 2.21. The number of halogens is 2. The minimum Gasteiger partial charge on any atom is -0.371 e. The van der Waals surface area contributed by atoms with Crippen molar-refractivity contribution in [3.8, 4) is 0 Å². The molecule has 2 aliphatic rings. The van der Waals surface area contributed by atoms with Crippen LogP contribution in [0, 0.1) is 23.5 Å². The number of amides is 2. The topological polar surface area (TPSA) is 61.4 Å². The largest absolute Gasteiger partial charge is 0.371 e. The molecule has 3 rings (SSSR count). The van der Waals surface area contributed by atoms with Gasteiger partial charge in [-0.15, -0.1) is 0 Å². The van der Waals surface area contributed by atoms with Crippen LogP contribution < -0.4 is 15.5 Å². The number of nitrogens with one attached hydrogen (secondary N) is 2. The van der Waals surface area contributed by atoms with E-state index < -0.39 is 11.6 Å². The Kier molecular flexibility index (Phi) is 6.06. The van der Waals surface area contributed by atoms with Gasteiger partial charge in [0.2, 0.25) is 11.8 Å². The maximum absolute atomic E-state index is 13.4. The molecule has 1 heterocycles. The Bertz CT molecular complexity index is 662. The normalized spacial score (nSPS) is 20.4. The lowest BCUT2D eigenvalue weighted by molar-refractivity contribution is -0.128. The van der Waals surface area contributed by atoms with Crippen LogP contribution in [0.5, 0.6) is 0 Å². The van der Waals surface area contributed by atoms with Gasteiger partial charge >= 0.3 is 0 Å². The summed E-state index contributed by atoms with van der Waals surface area (Å²) in [6, 6.07) is 3.90. The van der Waals surface area contributed by atoms with Crippen LogP contribution in [0.1, 0.15) is 32.1 Å². The van der Waals surface area contributed by atoms with E-state index in [1.807, 2.05) is 4.90 Å². The predicted molar refractivity (Wildman–Crippen MR) is 94.7 cm³/mol. The lowest BCUT2D eigenvalue weighted by Crippen LogP contribution is -2.40. The average Bonchev–Trinajstić information content (AvgIpc) is 3.32. The smallest absolute Gasteiger partial charge is 0.239 e. The fourth-order valence-electron chi connectivity index (χ4n) is 3.74. The summed E-state index contributed by atoms with van der Waals surface area (Å²) in [5.41, 5.74) is 0.654. The second-order valence-corrected chi connectivity index (χ2v) is 7.20. The maximum atomic E-state index is 13.4. The average molecular weight is 365 g/mol. The van der Waals surface area contributed by atoms with Gasteiger partial charge in [-0.3, -0.25) is 9.59 Å². The zero-order chi connectivity index (χ0) is 18.5. The molecule has 1 aliphatic carbocycles. The first kappa shape index (κ1) is 18.6. The molecule has 1 aliphatic heterocycles. The van der Waals surface area contributed by atoms with E-state index >= 15 is 0 Å². The molecular weight excluding hydrogens is 340 g/mol. The van der Waals surface area contributed by atoms with E-state index in [2.05, 4.69) is 10.6 Å². The van der Waals surface area contributed by atoms with Crippen LogP contribution >= 0.6 is 0 Å². The number of carbonyl (C=O) groups is 2. The molecule has 142 valence electrons. The van der Waals surface area contributed by atoms with Crippen molar-refractivity contribution in [2.45, 2.75) is 32.1 Å². The van der Waals surface area contributed by atoms with Gasteiger partial charge in [-0.1, -0.05) is 12.8 Å². The van der Waals surface area contributed by atoms with Crippen molar-refractivity contribution in [2.75, 3.05) is 31.1 Å². The molecule has 1 saturated heterocycles.